The molecule has 0 saturated heterocycles. The number of nitrogens with two attached hydrogens (primary N) is 1. The largest absolute Gasteiger partial charge is 0.398 e. The normalized spacial score (nSPS) is 10.2. The van der Waals surface area contributed by atoms with Gasteiger partial charge in [-0.3, -0.25) is 9.78 Å². The van der Waals surface area contributed by atoms with Crippen LogP contribution in [0.15, 0.2) is 18.5 Å². The van der Waals surface area contributed by atoms with E-state index in [2.05, 4.69) is 4.98 Å². The number of aromatic nitrogens is 1. The molecule has 4 nitrogen and oxygen atoms in total. The van der Waals surface area contributed by atoms with Crippen molar-refractivity contribution in [3.8, 4) is 0 Å². The number of hydrogen-bond donors (Lipinski definition) is 1. The van der Waals surface area contributed by atoms with Crippen molar-refractivity contribution in [2.75, 3.05) is 19.5 Å². The number of nitrogens with zero attached hydrogens (tertiary/aromatic N) is 1. The number of carbonyl (C=O) groups excluding carboxylic acids is 1. The molecule has 0 amide bonds. The maximum Gasteiger partial charge on any atom is 0.137 e. The highest BCUT2D eigenvalue weighted by molar-refractivity contribution is 5.82. The van der Waals surface area contributed by atoms with Crippen LogP contribution in [0.3, 0.4) is 0 Å². The predicted octanol–water partition coefficient (Wildman–Crippen LogP) is 1.20. The van der Waals surface area contributed by atoms with Crippen LogP contribution in [-0.4, -0.2) is 24.5 Å². The molecule has 1 aromatic heterocycles. The summed E-state index contributed by atoms with van der Waals surface area (Å²) in [4.78, 5) is 15.4. The van der Waals surface area contributed by atoms with Gasteiger partial charge in [-0.15, -0.1) is 0 Å². The van der Waals surface area contributed by atoms with E-state index in [9.17, 15) is 4.79 Å². The Morgan fingerprint density at radius 2 is 2.40 bits per heavy atom. The van der Waals surface area contributed by atoms with Gasteiger partial charge in [0.05, 0.1) is 0 Å². The van der Waals surface area contributed by atoms with Crippen LogP contribution in [0.25, 0.3) is 0 Å². The first-order chi connectivity index (χ1) is 7.24. The summed E-state index contributed by atoms with van der Waals surface area (Å²) in [5, 5.41) is 0. The number of hydrogen-bond acceptors (Lipinski definition) is 4. The molecule has 0 radical (unpaired) electrons. The van der Waals surface area contributed by atoms with Crippen LogP contribution in [0.5, 0.6) is 0 Å². The van der Waals surface area contributed by atoms with Crippen molar-refractivity contribution in [1.82, 2.24) is 4.98 Å². The molecule has 0 aliphatic heterocycles. The Hall–Kier alpha value is -1.42. The fourth-order valence-corrected chi connectivity index (χ4v) is 1.30. The summed E-state index contributed by atoms with van der Waals surface area (Å²) >= 11 is 0. The van der Waals surface area contributed by atoms with Crippen LogP contribution in [0, 0.1) is 0 Å². The van der Waals surface area contributed by atoms with Crippen LogP contribution in [0.4, 0.5) is 5.69 Å². The van der Waals surface area contributed by atoms with E-state index in [0.717, 1.165) is 12.0 Å². The van der Waals surface area contributed by atoms with Crippen LogP contribution in [-0.2, 0) is 16.0 Å². The van der Waals surface area contributed by atoms with E-state index in [1.807, 2.05) is 0 Å². The molecular weight excluding hydrogens is 192 g/mol. The molecule has 1 heterocycles. The van der Waals surface area contributed by atoms with Crippen molar-refractivity contribution in [3.05, 3.63) is 24.0 Å². The Morgan fingerprint density at radius 3 is 3.07 bits per heavy atom. The van der Waals surface area contributed by atoms with Crippen molar-refractivity contribution >= 4 is 11.5 Å². The summed E-state index contributed by atoms with van der Waals surface area (Å²) in [7, 11) is 1.63. The van der Waals surface area contributed by atoms with Gasteiger partial charge in [-0.2, -0.15) is 0 Å². The highest BCUT2D eigenvalue weighted by Gasteiger charge is 2.06. The van der Waals surface area contributed by atoms with Gasteiger partial charge in [0, 0.05) is 50.2 Å². The fraction of sp³-hybridized carbons (Fsp3) is 0.455. The lowest BCUT2D eigenvalue weighted by atomic mass is 10.1. The van der Waals surface area contributed by atoms with Crippen molar-refractivity contribution < 1.29 is 9.53 Å². The maximum atomic E-state index is 11.5. The summed E-state index contributed by atoms with van der Waals surface area (Å²) < 4.78 is 4.88. The summed E-state index contributed by atoms with van der Waals surface area (Å²) in [6, 6.07) is 1.71. The van der Waals surface area contributed by atoms with Gasteiger partial charge in [0.15, 0.2) is 0 Å². The molecule has 2 N–H and O–H groups in total. The lowest BCUT2D eigenvalue weighted by Crippen LogP contribution is -2.06. The molecule has 0 saturated carbocycles. The number of pyridine rings is 1. The number of ether oxygens (including phenoxy) is 1. The zero-order valence-corrected chi connectivity index (χ0v) is 8.90. The number of carbonyl (C=O) groups is 1. The van der Waals surface area contributed by atoms with Crippen molar-refractivity contribution in [3.63, 3.8) is 0 Å². The molecule has 0 atom stereocenters. The Labute approximate surface area is 89.5 Å². The minimum atomic E-state index is 0.173. The van der Waals surface area contributed by atoms with Gasteiger partial charge in [0.25, 0.3) is 0 Å². The fourth-order valence-electron chi connectivity index (χ4n) is 1.30. The second-order valence-electron chi connectivity index (χ2n) is 3.39. The van der Waals surface area contributed by atoms with Crippen LogP contribution < -0.4 is 5.73 Å². The van der Waals surface area contributed by atoms with Crippen LogP contribution >= 0.6 is 0 Å². The topological polar surface area (TPSA) is 65.2 Å². The Balaban J connectivity index is 2.41. The highest BCUT2D eigenvalue weighted by atomic mass is 16.5. The zero-order chi connectivity index (χ0) is 11.1. The Bertz CT molecular complexity index is 326. The molecule has 0 unspecified atom stereocenters. The quantitative estimate of drug-likeness (QED) is 0.713. The first kappa shape index (κ1) is 11.7. The third-order valence-corrected chi connectivity index (χ3v) is 2.13. The summed E-state index contributed by atoms with van der Waals surface area (Å²) in [6.07, 6.45) is 4.92. The molecule has 0 spiro atoms. The van der Waals surface area contributed by atoms with Crippen LogP contribution in [0.2, 0.25) is 0 Å². The van der Waals surface area contributed by atoms with Crippen molar-refractivity contribution in [2.45, 2.75) is 19.3 Å². The SMILES string of the molecule is COCCCC(=O)Cc1cnccc1N. The van der Waals surface area contributed by atoms with Crippen molar-refractivity contribution in [1.29, 1.82) is 0 Å². The minimum Gasteiger partial charge on any atom is -0.398 e. The van der Waals surface area contributed by atoms with E-state index in [-0.39, 0.29) is 5.78 Å². The van der Waals surface area contributed by atoms with Gasteiger partial charge in [-0.1, -0.05) is 0 Å². The minimum absolute atomic E-state index is 0.173. The molecule has 15 heavy (non-hydrogen) atoms. The third kappa shape index (κ3) is 4.08. The first-order valence-electron chi connectivity index (χ1n) is 4.93. The molecule has 0 aliphatic rings. The smallest absolute Gasteiger partial charge is 0.137 e. The van der Waals surface area contributed by atoms with E-state index < -0.39 is 0 Å². The van der Waals surface area contributed by atoms with Gasteiger partial charge in [-0.05, 0) is 12.5 Å². The van der Waals surface area contributed by atoms with Crippen molar-refractivity contribution in [2.24, 2.45) is 0 Å². The van der Waals surface area contributed by atoms with E-state index in [4.69, 9.17) is 10.5 Å². The number of methoxy groups -OCH3 is 1. The molecule has 1 rings (SSSR count). The monoisotopic (exact) mass is 208 g/mol. The summed E-state index contributed by atoms with van der Waals surface area (Å²) in [6.45, 7) is 0.619. The third-order valence-electron chi connectivity index (χ3n) is 2.13. The van der Waals surface area contributed by atoms with Crippen LogP contribution in [0.1, 0.15) is 18.4 Å². The van der Waals surface area contributed by atoms with E-state index >= 15 is 0 Å². The number of ketones is 1. The lowest BCUT2D eigenvalue weighted by Gasteiger charge is -2.03. The lowest BCUT2D eigenvalue weighted by molar-refractivity contribution is -0.118. The van der Waals surface area contributed by atoms with Gasteiger partial charge in [0.1, 0.15) is 5.78 Å². The molecule has 0 bridgehead atoms. The Kier molecular flexibility index (Phi) is 4.77. The van der Waals surface area contributed by atoms with E-state index in [1.54, 1.807) is 25.6 Å². The van der Waals surface area contributed by atoms with E-state index in [1.165, 1.54) is 0 Å². The summed E-state index contributed by atoms with van der Waals surface area (Å²) in [5.41, 5.74) is 7.14. The van der Waals surface area contributed by atoms with Gasteiger partial charge < -0.3 is 10.5 Å². The standard InChI is InChI=1S/C11H16N2O2/c1-15-6-2-3-10(14)7-9-8-13-5-4-11(9)12/h4-5,8H,2-3,6-7H2,1H3,(H2,12,13). The molecule has 82 valence electrons. The average molecular weight is 208 g/mol. The average Bonchev–Trinajstić information content (AvgIpc) is 2.22. The first-order valence-corrected chi connectivity index (χ1v) is 4.93. The van der Waals surface area contributed by atoms with Gasteiger partial charge in [-0.25, -0.2) is 0 Å². The second kappa shape index (κ2) is 6.14. The maximum absolute atomic E-state index is 11.5. The highest BCUT2D eigenvalue weighted by Crippen LogP contribution is 2.10. The number of nitrogen functional groups attached to an aromatic ring is 1. The zero-order valence-electron chi connectivity index (χ0n) is 8.90. The predicted molar refractivity (Wildman–Crippen MR) is 58.5 cm³/mol. The Morgan fingerprint density at radius 1 is 1.60 bits per heavy atom. The molecule has 4 heteroatoms. The number of anilines is 1. The molecule has 0 aromatic carbocycles. The molecule has 0 fully saturated rings. The number of rotatable bonds is 6. The van der Waals surface area contributed by atoms with E-state index in [0.29, 0.717) is 25.1 Å². The molecule has 1 aromatic rings. The molecular formula is C11H16N2O2. The van der Waals surface area contributed by atoms with Gasteiger partial charge in [0.2, 0.25) is 0 Å². The number of Topliss-reactive ketones (excluding diaryl/α,β-unsaturated/α-hetero) is 1. The van der Waals surface area contributed by atoms with Gasteiger partial charge >= 0.3 is 0 Å². The second-order valence-corrected chi connectivity index (χ2v) is 3.39. The summed E-state index contributed by atoms with van der Waals surface area (Å²) in [5.74, 6) is 0.173. The molecule has 0 aliphatic carbocycles.